The molecule has 0 atom stereocenters. The second-order valence-electron chi connectivity index (χ2n) is 6.25. The number of hydrogen-bond donors (Lipinski definition) is 2. The number of aromatic nitrogens is 1. The Morgan fingerprint density at radius 1 is 1.17 bits per heavy atom. The van der Waals surface area contributed by atoms with Crippen LogP contribution >= 0.6 is 23.1 Å². The molecule has 3 rings (SSSR count). The highest BCUT2D eigenvalue weighted by Crippen LogP contribution is 2.23. The average Bonchev–Trinajstić information content (AvgIpc) is 3.20. The Hall–Kier alpha value is -2.91. The highest BCUT2D eigenvalue weighted by atomic mass is 32.2. The van der Waals surface area contributed by atoms with Crippen LogP contribution in [0, 0.1) is 5.82 Å². The van der Waals surface area contributed by atoms with Gasteiger partial charge in [0.2, 0.25) is 11.8 Å². The van der Waals surface area contributed by atoms with Crippen LogP contribution in [0.4, 0.5) is 10.1 Å². The van der Waals surface area contributed by atoms with E-state index in [2.05, 4.69) is 15.6 Å². The maximum atomic E-state index is 12.9. The normalized spacial score (nSPS) is 10.5. The molecule has 0 aliphatic rings. The fourth-order valence-electron chi connectivity index (χ4n) is 2.50. The van der Waals surface area contributed by atoms with Crippen LogP contribution in [-0.4, -0.2) is 29.7 Å². The van der Waals surface area contributed by atoms with E-state index >= 15 is 0 Å². The molecule has 30 heavy (non-hydrogen) atoms. The summed E-state index contributed by atoms with van der Waals surface area (Å²) in [5.41, 5.74) is 2.14. The molecule has 0 spiro atoms. The van der Waals surface area contributed by atoms with Gasteiger partial charge in [0.25, 0.3) is 0 Å². The molecule has 2 N–H and O–H groups in total. The smallest absolute Gasteiger partial charge is 0.234 e. The molecule has 1 heterocycles. The van der Waals surface area contributed by atoms with Gasteiger partial charge in [0.1, 0.15) is 11.6 Å². The summed E-state index contributed by atoms with van der Waals surface area (Å²) in [5.74, 6) is 0.219. The third-order valence-electron chi connectivity index (χ3n) is 3.95. The molecule has 1 aromatic heterocycles. The zero-order valence-electron chi connectivity index (χ0n) is 16.2. The summed E-state index contributed by atoms with van der Waals surface area (Å²) >= 11 is 2.68. The van der Waals surface area contributed by atoms with E-state index in [9.17, 15) is 14.0 Å². The second kappa shape index (κ2) is 10.7. The van der Waals surface area contributed by atoms with Crippen molar-refractivity contribution in [2.24, 2.45) is 0 Å². The largest absolute Gasteiger partial charge is 0.497 e. The Morgan fingerprint density at radius 3 is 2.73 bits per heavy atom. The van der Waals surface area contributed by atoms with Gasteiger partial charge in [0.15, 0.2) is 4.34 Å². The van der Waals surface area contributed by atoms with Gasteiger partial charge in [0.05, 0.1) is 25.0 Å². The van der Waals surface area contributed by atoms with Crippen molar-refractivity contribution in [3.05, 3.63) is 71.0 Å². The lowest BCUT2D eigenvalue weighted by Gasteiger charge is -2.06. The molecule has 0 bridgehead atoms. The number of anilines is 1. The number of thioether (sulfide) groups is 1. The van der Waals surface area contributed by atoms with Crippen LogP contribution in [-0.2, 0) is 22.6 Å². The first kappa shape index (κ1) is 21.8. The van der Waals surface area contributed by atoms with Gasteiger partial charge in [-0.15, -0.1) is 11.3 Å². The average molecular weight is 446 g/mol. The van der Waals surface area contributed by atoms with Gasteiger partial charge in [0, 0.05) is 17.6 Å². The minimum atomic E-state index is -0.356. The Balaban J connectivity index is 1.42. The highest BCUT2D eigenvalue weighted by molar-refractivity contribution is 8.01. The summed E-state index contributed by atoms with van der Waals surface area (Å²) in [6.45, 7) is 0.408. The summed E-state index contributed by atoms with van der Waals surface area (Å²) in [6, 6.07) is 13.1. The number of carbonyl (C=O) groups excluding carboxylic acids is 2. The molecule has 0 saturated carbocycles. The minimum Gasteiger partial charge on any atom is -0.497 e. The van der Waals surface area contributed by atoms with E-state index < -0.39 is 0 Å². The number of ether oxygens (including phenoxy) is 1. The van der Waals surface area contributed by atoms with Crippen LogP contribution in [0.5, 0.6) is 5.75 Å². The summed E-state index contributed by atoms with van der Waals surface area (Å²) in [7, 11) is 1.60. The molecule has 0 fully saturated rings. The summed E-state index contributed by atoms with van der Waals surface area (Å²) in [5, 5.41) is 7.37. The van der Waals surface area contributed by atoms with E-state index in [4.69, 9.17) is 4.74 Å². The lowest BCUT2D eigenvalue weighted by Crippen LogP contribution is -2.24. The molecule has 0 unspecified atom stereocenters. The van der Waals surface area contributed by atoms with E-state index in [0.717, 1.165) is 11.3 Å². The molecule has 2 aromatic carbocycles. The van der Waals surface area contributed by atoms with Crippen molar-refractivity contribution in [3.63, 3.8) is 0 Å². The molecule has 9 heteroatoms. The van der Waals surface area contributed by atoms with Crippen LogP contribution in [0.25, 0.3) is 0 Å². The van der Waals surface area contributed by atoms with Crippen molar-refractivity contribution in [1.29, 1.82) is 0 Å². The Bertz CT molecular complexity index is 1010. The third kappa shape index (κ3) is 6.85. The number of nitrogens with zero attached hydrogens (tertiary/aromatic N) is 1. The van der Waals surface area contributed by atoms with Gasteiger partial charge < -0.3 is 15.4 Å². The maximum absolute atomic E-state index is 12.9. The first-order valence-corrected chi connectivity index (χ1v) is 10.9. The van der Waals surface area contributed by atoms with Crippen molar-refractivity contribution in [2.75, 3.05) is 18.2 Å². The monoisotopic (exact) mass is 445 g/mol. The number of amides is 2. The van der Waals surface area contributed by atoms with Gasteiger partial charge >= 0.3 is 0 Å². The van der Waals surface area contributed by atoms with E-state index in [1.165, 1.54) is 47.4 Å². The van der Waals surface area contributed by atoms with Crippen molar-refractivity contribution in [3.8, 4) is 5.75 Å². The van der Waals surface area contributed by atoms with E-state index in [1.807, 2.05) is 29.6 Å². The van der Waals surface area contributed by atoms with Crippen molar-refractivity contribution >= 4 is 40.6 Å². The lowest BCUT2D eigenvalue weighted by atomic mass is 10.2. The predicted octanol–water partition coefficient (Wildman–Crippen LogP) is 3.88. The number of methoxy groups -OCH3 is 1. The standard InChI is InChI=1S/C21H20FN3O3S2/c1-28-18-4-2-3-14(9-18)11-23-19(26)10-17-12-29-21(25-17)30-13-20(27)24-16-7-5-15(22)6-8-16/h2-9,12H,10-11,13H2,1H3,(H,23,26)(H,24,27). The number of thiazole rings is 1. The van der Waals surface area contributed by atoms with Gasteiger partial charge in [-0.3, -0.25) is 9.59 Å². The van der Waals surface area contributed by atoms with Crippen LogP contribution in [0.15, 0.2) is 58.3 Å². The fraction of sp³-hybridized carbons (Fsp3) is 0.190. The minimum absolute atomic E-state index is 0.131. The third-order valence-corrected chi connectivity index (χ3v) is 6.02. The van der Waals surface area contributed by atoms with Crippen LogP contribution in [0.3, 0.4) is 0 Å². The number of rotatable bonds is 9. The fourth-order valence-corrected chi connectivity index (χ4v) is 4.15. The first-order valence-electron chi connectivity index (χ1n) is 9.04. The van der Waals surface area contributed by atoms with Crippen LogP contribution in [0.1, 0.15) is 11.3 Å². The molecule has 0 radical (unpaired) electrons. The molecule has 6 nitrogen and oxygen atoms in total. The van der Waals surface area contributed by atoms with Crippen molar-refractivity contribution < 1.29 is 18.7 Å². The zero-order chi connectivity index (χ0) is 21.3. The SMILES string of the molecule is COc1cccc(CNC(=O)Cc2csc(SCC(=O)Nc3ccc(F)cc3)n2)c1. The molecule has 2 amide bonds. The molecule has 3 aromatic rings. The quantitative estimate of drug-likeness (QED) is 0.489. The van der Waals surface area contributed by atoms with E-state index in [0.29, 0.717) is 22.3 Å². The summed E-state index contributed by atoms with van der Waals surface area (Å²) < 4.78 is 18.8. The Kier molecular flexibility index (Phi) is 7.81. The van der Waals surface area contributed by atoms with Gasteiger partial charge in [-0.25, -0.2) is 9.37 Å². The van der Waals surface area contributed by atoms with Gasteiger partial charge in [-0.05, 0) is 42.0 Å². The topological polar surface area (TPSA) is 80.3 Å². The van der Waals surface area contributed by atoms with Crippen LogP contribution < -0.4 is 15.4 Å². The van der Waals surface area contributed by atoms with E-state index in [1.54, 1.807) is 7.11 Å². The number of hydrogen-bond acceptors (Lipinski definition) is 6. The highest BCUT2D eigenvalue weighted by Gasteiger charge is 2.10. The zero-order valence-corrected chi connectivity index (χ0v) is 17.8. The lowest BCUT2D eigenvalue weighted by molar-refractivity contribution is -0.120. The number of halogens is 1. The molecule has 0 aliphatic heterocycles. The van der Waals surface area contributed by atoms with Crippen molar-refractivity contribution in [1.82, 2.24) is 10.3 Å². The number of benzene rings is 2. The molecule has 156 valence electrons. The Morgan fingerprint density at radius 2 is 1.97 bits per heavy atom. The molecule has 0 aliphatic carbocycles. The summed E-state index contributed by atoms with van der Waals surface area (Å²) in [4.78, 5) is 28.6. The predicted molar refractivity (Wildman–Crippen MR) is 116 cm³/mol. The Labute approximate surface area is 181 Å². The van der Waals surface area contributed by atoms with Crippen molar-refractivity contribution in [2.45, 2.75) is 17.3 Å². The van der Waals surface area contributed by atoms with Crippen LogP contribution in [0.2, 0.25) is 0 Å². The van der Waals surface area contributed by atoms with Gasteiger partial charge in [-0.2, -0.15) is 0 Å². The second-order valence-corrected chi connectivity index (χ2v) is 8.33. The number of nitrogens with one attached hydrogen (secondary N) is 2. The molecule has 0 saturated heterocycles. The maximum Gasteiger partial charge on any atom is 0.234 e. The van der Waals surface area contributed by atoms with Gasteiger partial charge in [-0.1, -0.05) is 23.9 Å². The molecular formula is C21H20FN3O3S2. The van der Waals surface area contributed by atoms with E-state index in [-0.39, 0.29) is 29.8 Å². The molecular weight excluding hydrogens is 425 g/mol. The number of carbonyl (C=O) groups is 2. The summed E-state index contributed by atoms with van der Waals surface area (Å²) in [6.07, 6.45) is 0.169. The first-order chi connectivity index (χ1) is 14.5.